The Hall–Kier alpha value is -0.570. The Balaban J connectivity index is 3.70. The molecule has 0 aliphatic carbocycles. The van der Waals surface area contributed by atoms with E-state index >= 15 is 0 Å². The highest BCUT2D eigenvalue weighted by Gasteiger charge is 2.15. The lowest BCUT2D eigenvalue weighted by atomic mass is 9.97. The zero-order valence-electron chi connectivity index (χ0n) is 10.2. The number of amides is 1. The molecule has 0 aliphatic rings. The van der Waals surface area contributed by atoms with E-state index in [9.17, 15) is 4.79 Å². The summed E-state index contributed by atoms with van der Waals surface area (Å²) in [5.74, 6) is 0.452. The second kappa shape index (κ2) is 9.97. The van der Waals surface area contributed by atoms with Gasteiger partial charge in [0.05, 0.1) is 0 Å². The smallest absolute Gasteiger partial charge is 0.223 e. The Labute approximate surface area is 93.8 Å². The van der Waals surface area contributed by atoms with Gasteiger partial charge in [0.25, 0.3) is 0 Å². The van der Waals surface area contributed by atoms with E-state index in [0.717, 1.165) is 45.1 Å². The summed E-state index contributed by atoms with van der Waals surface area (Å²) in [6.07, 6.45) is 6.18. The summed E-state index contributed by atoms with van der Waals surface area (Å²) in [5.41, 5.74) is 5.39. The van der Waals surface area contributed by atoms with Crippen molar-refractivity contribution in [3.05, 3.63) is 0 Å². The van der Waals surface area contributed by atoms with Crippen LogP contribution in [0.3, 0.4) is 0 Å². The molecule has 3 heteroatoms. The van der Waals surface area contributed by atoms with Gasteiger partial charge in [0.1, 0.15) is 0 Å². The van der Waals surface area contributed by atoms with E-state index in [1.807, 2.05) is 0 Å². The van der Waals surface area contributed by atoms with Crippen LogP contribution in [0.4, 0.5) is 0 Å². The number of nitrogens with two attached hydrogens (primary N) is 1. The van der Waals surface area contributed by atoms with Gasteiger partial charge in [0, 0.05) is 12.5 Å². The third kappa shape index (κ3) is 7.37. The third-order valence-corrected chi connectivity index (χ3v) is 2.58. The lowest BCUT2D eigenvalue weighted by Crippen LogP contribution is -2.31. The standard InChI is InChI=1S/C12H26N2O/c1-3-7-11(8-4-2)12(15)14-10-6-5-9-13/h11H,3-10,13H2,1-2H3,(H,14,15). The predicted molar refractivity (Wildman–Crippen MR) is 64.6 cm³/mol. The van der Waals surface area contributed by atoms with Gasteiger partial charge in [-0.1, -0.05) is 26.7 Å². The molecule has 0 fully saturated rings. The largest absolute Gasteiger partial charge is 0.356 e. The highest BCUT2D eigenvalue weighted by atomic mass is 16.1. The molecule has 0 aromatic carbocycles. The van der Waals surface area contributed by atoms with Crippen molar-refractivity contribution >= 4 is 5.91 Å². The average Bonchev–Trinajstić information content (AvgIpc) is 2.24. The molecule has 0 radical (unpaired) electrons. The van der Waals surface area contributed by atoms with Crippen molar-refractivity contribution in [1.29, 1.82) is 0 Å². The summed E-state index contributed by atoms with van der Waals surface area (Å²) in [7, 11) is 0. The van der Waals surface area contributed by atoms with Crippen molar-refractivity contribution in [3.63, 3.8) is 0 Å². The quantitative estimate of drug-likeness (QED) is 0.577. The summed E-state index contributed by atoms with van der Waals surface area (Å²) in [6.45, 7) is 5.75. The van der Waals surface area contributed by atoms with Crippen LogP contribution in [0.15, 0.2) is 0 Å². The van der Waals surface area contributed by atoms with Gasteiger partial charge in [-0.05, 0) is 32.2 Å². The molecule has 0 aliphatic heterocycles. The number of hydrogen-bond donors (Lipinski definition) is 2. The number of carbonyl (C=O) groups excluding carboxylic acids is 1. The van der Waals surface area contributed by atoms with Crippen LogP contribution in [0.2, 0.25) is 0 Å². The molecule has 0 atom stereocenters. The fraction of sp³-hybridized carbons (Fsp3) is 0.917. The minimum Gasteiger partial charge on any atom is -0.356 e. The number of nitrogens with one attached hydrogen (secondary N) is 1. The molecule has 0 bridgehead atoms. The van der Waals surface area contributed by atoms with Crippen LogP contribution in [0, 0.1) is 5.92 Å². The number of rotatable bonds is 9. The van der Waals surface area contributed by atoms with E-state index in [2.05, 4.69) is 19.2 Å². The lowest BCUT2D eigenvalue weighted by Gasteiger charge is -2.14. The zero-order chi connectivity index (χ0) is 11.5. The Morgan fingerprint density at radius 2 is 1.80 bits per heavy atom. The van der Waals surface area contributed by atoms with Crippen LogP contribution in [-0.2, 0) is 4.79 Å². The van der Waals surface area contributed by atoms with Gasteiger partial charge in [0.15, 0.2) is 0 Å². The molecule has 3 nitrogen and oxygen atoms in total. The van der Waals surface area contributed by atoms with Crippen LogP contribution in [0.1, 0.15) is 52.4 Å². The number of carbonyl (C=O) groups is 1. The van der Waals surface area contributed by atoms with E-state index in [4.69, 9.17) is 5.73 Å². The molecule has 0 heterocycles. The van der Waals surface area contributed by atoms with Gasteiger partial charge in [-0.15, -0.1) is 0 Å². The van der Waals surface area contributed by atoms with E-state index < -0.39 is 0 Å². The van der Waals surface area contributed by atoms with Crippen molar-refractivity contribution < 1.29 is 4.79 Å². The van der Waals surface area contributed by atoms with Crippen molar-refractivity contribution in [3.8, 4) is 0 Å². The highest BCUT2D eigenvalue weighted by molar-refractivity contribution is 5.78. The fourth-order valence-corrected chi connectivity index (χ4v) is 1.73. The van der Waals surface area contributed by atoms with Crippen LogP contribution >= 0.6 is 0 Å². The minimum absolute atomic E-state index is 0.220. The van der Waals surface area contributed by atoms with Crippen molar-refractivity contribution in [1.82, 2.24) is 5.32 Å². The Kier molecular flexibility index (Phi) is 9.59. The second-order valence-electron chi connectivity index (χ2n) is 4.06. The van der Waals surface area contributed by atoms with Crippen LogP contribution in [0.25, 0.3) is 0 Å². The second-order valence-corrected chi connectivity index (χ2v) is 4.06. The SMILES string of the molecule is CCCC(CCC)C(=O)NCCCCN. The highest BCUT2D eigenvalue weighted by Crippen LogP contribution is 2.13. The first-order valence-corrected chi connectivity index (χ1v) is 6.24. The van der Waals surface area contributed by atoms with Crippen molar-refractivity contribution in [2.24, 2.45) is 11.7 Å². The topological polar surface area (TPSA) is 55.1 Å². The van der Waals surface area contributed by atoms with Crippen molar-refractivity contribution in [2.75, 3.05) is 13.1 Å². The molecule has 0 spiro atoms. The lowest BCUT2D eigenvalue weighted by molar-refractivity contribution is -0.125. The van der Waals surface area contributed by atoms with E-state index in [1.54, 1.807) is 0 Å². The summed E-state index contributed by atoms with van der Waals surface area (Å²) in [6, 6.07) is 0. The molecular weight excluding hydrogens is 188 g/mol. The number of unbranched alkanes of at least 4 members (excludes halogenated alkanes) is 1. The summed E-state index contributed by atoms with van der Waals surface area (Å²) >= 11 is 0. The Morgan fingerprint density at radius 1 is 1.20 bits per heavy atom. The maximum Gasteiger partial charge on any atom is 0.223 e. The van der Waals surface area contributed by atoms with Crippen LogP contribution < -0.4 is 11.1 Å². The molecule has 0 saturated carbocycles. The molecule has 0 aromatic heterocycles. The van der Waals surface area contributed by atoms with E-state index in [-0.39, 0.29) is 11.8 Å². The molecule has 1 amide bonds. The van der Waals surface area contributed by atoms with E-state index in [1.165, 1.54) is 0 Å². The predicted octanol–water partition coefficient (Wildman–Crippen LogP) is 2.06. The molecule has 15 heavy (non-hydrogen) atoms. The van der Waals surface area contributed by atoms with Crippen LogP contribution in [0.5, 0.6) is 0 Å². The van der Waals surface area contributed by atoms with Crippen LogP contribution in [-0.4, -0.2) is 19.0 Å². The maximum atomic E-state index is 11.7. The van der Waals surface area contributed by atoms with Gasteiger partial charge < -0.3 is 11.1 Å². The van der Waals surface area contributed by atoms with Gasteiger partial charge >= 0.3 is 0 Å². The molecule has 0 rings (SSSR count). The first kappa shape index (κ1) is 14.4. The minimum atomic E-state index is 0.220. The molecule has 90 valence electrons. The van der Waals surface area contributed by atoms with Gasteiger partial charge in [-0.25, -0.2) is 0 Å². The molecule has 3 N–H and O–H groups in total. The first-order chi connectivity index (χ1) is 7.26. The molecule has 0 aromatic rings. The normalized spacial score (nSPS) is 10.7. The number of hydrogen-bond acceptors (Lipinski definition) is 2. The summed E-state index contributed by atoms with van der Waals surface area (Å²) in [5, 5.41) is 2.99. The average molecular weight is 214 g/mol. The van der Waals surface area contributed by atoms with E-state index in [0.29, 0.717) is 6.54 Å². The fourth-order valence-electron chi connectivity index (χ4n) is 1.73. The first-order valence-electron chi connectivity index (χ1n) is 6.24. The Bertz CT molecular complexity index is 154. The summed E-state index contributed by atoms with van der Waals surface area (Å²) < 4.78 is 0. The van der Waals surface area contributed by atoms with Gasteiger partial charge in [-0.3, -0.25) is 4.79 Å². The van der Waals surface area contributed by atoms with Crippen molar-refractivity contribution in [2.45, 2.75) is 52.4 Å². The molecule has 0 saturated heterocycles. The summed E-state index contributed by atoms with van der Waals surface area (Å²) in [4.78, 5) is 11.7. The molecular formula is C12H26N2O. The molecule has 0 unspecified atom stereocenters. The third-order valence-electron chi connectivity index (χ3n) is 2.58. The maximum absolute atomic E-state index is 11.7. The Morgan fingerprint density at radius 3 is 2.27 bits per heavy atom. The van der Waals surface area contributed by atoms with Gasteiger partial charge in [-0.2, -0.15) is 0 Å². The zero-order valence-corrected chi connectivity index (χ0v) is 10.2. The monoisotopic (exact) mass is 214 g/mol. The van der Waals surface area contributed by atoms with Gasteiger partial charge in [0.2, 0.25) is 5.91 Å².